The quantitative estimate of drug-likeness (QED) is 0.869. The van der Waals surface area contributed by atoms with Crippen molar-refractivity contribution < 1.29 is 13.2 Å². The Morgan fingerprint density at radius 3 is 2.85 bits per heavy atom. The molecule has 6 heteroatoms. The zero-order valence-corrected chi connectivity index (χ0v) is 12.5. The Balaban J connectivity index is 1.64. The third-order valence-corrected chi connectivity index (χ3v) is 6.40. The second-order valence-electron chi connectivity index (χ2n) is 5.26. The summed E-state index contributed by atoms with van der Waals surface area (Å²) in [6, 6.07) is 7.81. The van der Waals surface area contributed by atoms with Crippen LogP contribution < -0.4 is 0 Å². The average molecular weight is 309 g/mol. The maximum Gasteiger partial charge on any atom is 0.150 e. The lowest BCUT2D eigenvalue weighted by Crippen LogP contribution is -2.12. The van der Waals surface area contributed by atoms with Gasteiger partial charge in [0.15, 0.2) is 9.84 Å². The number of benzene rings is 1. The lowest BCUT2D eigenvalue weighted by Gasteiger charge is -2.04. The molecule has 0 saturated carbocycles. The molecule has 1 aliphatic rings. The number of aromatic nitrogens is 1. The van der Waals surface area contributed by atoms with E-state index in [4.69, 9.17) is 0 Å². The van der Waals surface area contributed by atoms with Crippen LogP contribution in [-0.4, -0.2) is 30.7 Å². The Kier molecular flexibility index (Phi) is 3.60. The predicted molar refractivity (Wildman–Crippen MR) is 79.7 cm³/mol. The molecule has 1 unspecified atom stereocenters. The SMILES string of the molecule is O=C(Cc1nc2ccccc2s1)CC1CCS(=O)(=O)C1. The highest BCUT2D eigenvalue weighted by Gasteiger charge is 2.29. The molecule has 0 spiro atoms. The molecular weight excluding hydrogens is 294 g/mol. The summed E-state index contributed by atoms with van der Waals surface area (Å²) < 4.78 is 23.8. The maximum atomic E-state index is 12.0. The first-order valence-corrected chi connectivity index (χ1v) is 9.22. The highest BCUT2D eigenvalue weighted by Crippen LogP contribution is 2.25. The molecular formula is C14H15NO3S2. The zero-order chi connectivity index (χ0) is 14.2. The minimum Gasteiger partial charge on any atom is -0.299 e. The first-order chi connectivity index (χ1) is 9.52. The number of hydrogen-bond donors (Lipinski definition) is 0. The van der Waals surface area contributed by atoms with E-state index in [9.17, 15) is 13.2 Å². The third kappa shape index (κ3) is 3.07. The lowest BCUT2D eigenvalue weighted by molar-refractivity contribution is -0.119. The molecule has 1 saturated heterocycles. The fraction of sp³-hybridized carbons (Fsp3) is 0.429. The highest BCUT2D eigenvalue weighted by atomic mass is 32.2. The molecule has 1 atom stereocenters. The summed E-state index contributed by atoms with van der Waals surface area (Å²) in [5.74, 6) is 0.484. The number of fused-ring (bicyclic) bond motifs is 1. The Labute approximate surface area is 121 Å². The number of hydrogen-bond acceptors (Lipinski definition) is 5. The summed E-state index contributed by atoms with van der Waals surface area (Å²) in [7, 11) is -2.90. The zero-order valence-electron chi connectivity index (χ0n) is 10.9. The van der Waals surface area contributed by atoms with Crippen LogP contribution in [0.5, 0.6) is 0 Å². The van der Waals surface area contributed by atoms with Crippen molar-refractivity contribution in [3.05, 3.63) is 29.3 Å². The third-order valence-electron chi connectivity index (χ3n) is 3.53. The van der Waals surface area contributed by atoms with E-state index < -0.39 is 9.84 Å². The maximum absolute atomic E-state index is 12.0. The second-order valence-corrected chi connectivity index (χ2v) is 8.61. The number of para-hydroxylation sites is 1. The van der Waals surface area contributed by atoms with Gasteiger partial charge in [-0.3, -0.25) is 4.79 Å². The van der Waals surface area contributed by atoms with Crippen molar-refractivity contribution in [2.45, 2.75) is 19.3 Å². The molecule has 1 aromatic carbocycles. The van der Waals surface area contributed by atoms with Gasteiger partial charge in [0, 0.05) is 6.42 Å². The van der Waals surface area contributed by atoms with Gasteiger partial charge in [0.2, 0.25) is 0 Å². The summed E-state index contributed by atoms with van der Waals surface area (Å²) in [5.41, 5.74) is 0.920. The molecule has 2 aromatic rings. The molecule has 1 fully saturated rings. The van der Waals surface area contributed by atoms with E-state index in [-0.39, 0.29) is 23.2 Å². The fourth-order valence-corrected chi connectivity index (χ4v) is 5.45. The highest BCUT2D eigenvalue weighted by molar-refractivity contribution is 7.91. The van der Waals surface area contributed by atoms with E-state index >= 15 is 0 Å². The Hall–Kier alpha value is -1.27. The van der Waals surface area contributed by atoms with Crippen molar-refractivity contribution in [3.63, 3.8) is 0 Å². The molecule has 0 aliphatic carbocycles. The van der Waals surface area contributed by atoms with Crippen LogP contribution in [-0.2, 0) is 21.1 Å². The summed E-state index contributed by atoms with van der Waals surface area (Å²) in [6.07, 6.45) is 1.29. The largest absolute Gasteiger partial charge is 0.299 e. The number of carbonyl (C=O) groups is 1. The van der Waals surface area contributed by atoms with E-state index in [1.165, 1.54) is 11.3 Å². The standard InChI is InChI=1S/C14H15NO3S2/c16-11(7-10-5-6-20(17,18)9-10)8-14-15-12-3-1-2-4-13(12)19-14/h1-4,10H,5-9H2. The summed E-state index contributed by atoms with van der Waals surface area (Å²) in [6.45, 7) is 0. The lowest BCUT2D eigenvalue weighted by atomic mass is 10.0. The predicted octanol–water partition coefficient (Wildman–Crippen LogP) is 2.23. The van der Waals surface area contributed by atoms with Crippen LogP contribution in [0.1, 0.15) is 17.8 Å². The van der Waals surface area contributed by atoms with Gasteiger partial charge in [0.25, 0.3) is 0 Å². The normalized spacial score (nSPS) is 21.3. The second kappa shape index (κ2) is 5.26. The van der Waals surface area contributed by atoms with Crippen molar-refractivity contribution in [1.29, 1.82) is 0 Å². The first-order valence-electron chi connectivity index (χ1n) is 6.58. The molecule has 0 N–H and O–H groups in total. The summed E-state index contributed by atoms with van der Waals surface area (Å²) >= 11 is 1.53. The summed E-state index contributed by atoms with van der Waals surface area (Å²) in [5, 5.41) is 0.817. The Morgan fingerprint density at radius 1 is 1.35 bits per heavy atom. The van der Waals surface area contributed by atoms with E-state index in [1.807, 2.05) is 24.3 Å². The van der Waals surface area contributed by atoms with E-state index in [1.54, 1.807) is 0 Å². The molecule has 106 valence electrons. The number of carbonyl (C=O) groups excluding carboxylic acids is 1. The van der Waals surface area contributed by atoms with Crippen LogP contribution in [0.4, 0.5) is 0 Å². The first kappa shape index (κ1) is 13.7. The van der Waals surface area contributed by atoms with Gasteiger partial charge in [-0.1, -0.05) is 12.1 Å². The number of Topliss-reactive ketones (excluding diaryl/α,β-unsaturated/α-hetero) is 1. The van der Waals surface area contributed by atoms with Crippen molar-refractivity contribution in [1.82, 2.24) is 4.98 Å². The molecule has 3 rings (SSSR count). The molecule has 1 aromatic heterocycles. The van der Waals surface area contributed by atoms with Gasteiger partial charge >= 0.3 is 0 Å². The molecule has 20 heavy (non-hydrogen) atoms. The van der Waals surface area contributed by atoms with Gasteiger partial charge in [-0.25, -0.2) is 13.4 Å². The van der Waals surface area contributed by atoms with Gasteiger partial charge in [0.1, 0.15) is 10.8 Å². The van der Waals surface area contributed by atoms with E-state index in [0.29, 0.717) is 19.3 Å². The number of rotatable bonds is 4. The fourth-order valence-electron chi connectivity index (χ4n) is 2.59. The number of nitrogens with zero attached hydrogens (tertiary/aromatic N) is 1. The molecule has 0 radical (unpaired) electrons. The Bertz CT molecular complexity index is 716. The number of sulfone groups is 1. The molecule has 1 aliphatic heterocycles. The number of thiazole rings is 1. The summed E-state index contributed by atoms with van der Waals surface area (Å²) in [4.78, 5) is 16.5. The topological polar surface area (TPSA) is 64.1 Å². The van der Waals surface area contributed by atoms with E-state index in [2.05, 4.69) is 4.98 Å². The molecule has 0 bridgehead atoms. The van der Waals surface area contributed by atoms with Crippen LogP contribution in [0, 0.1) is 5.92 Å². The van der Waals surface area contributed by atoms with Crippen LogP contribution in [0.3, 0.4) is 0 Å². The van der Waals surface area contributed by atoms with E-state index in [0.717, 1.165) is 15.2 Å². The van der Waals surface area contributed by atoms with Gasteiger partial charge < -0.3 is 0 Å². The van der Waals surface area contributed by atoms with Crippen LogP contribution >= 0.6 is 11.3 Å². The van der Waals surface area contributed by atoms with Gasteiger partial charge in [-0.05, 0) is 24.5 Å². The molecule has 2 heterocycles. The van der Waals surface area contributed by atoms with Gasteiger partial charge in [-0.15, -0.1) is 11.3 Å². The minimum atomic E-state index is -2.90. The van der Waals surface area contributed by atoms with Crippen molar-refractivity contribution in [2.24, 2.45) is 5.92 Å². The van der Waals surface area contributed by atoms with Crippen molar-refractivity contribution >= 4 is 37.2 Å². The van der Waals surface area contributed by atoms with Crippen LogP contribution in [0.15, 0.2) is 24.3 Å². The molecule has 0 amide bonds. The van der Waals surface area contributed by atoms with Crippen LogP contribution in [0.25, 0.3) is 10.2 Å². The van der Waals surface area contributed by atoms with Crippen molar-refractivity contribution in [3.8, 4) is 0 Å². The van der Waals surface area contributed by atoms with Crippen LogP contribution in [0.2, 0.25) is 0 Å². The van der Waals surface area contributed by atoms with Gasteiger partial charge in [-0.2, -0.15) is 0 Å². The Morgan fingerprint density at radius 2 is 2.15 bits per heavy atom. The minimum absolute atomic E-state index is 0.00174. The van der Waals surface area contributed by atoms with Gasteiger partial charge in [0.05, 0.1) is 28.1 Å². The number of ketones is 1. The molecule has 4 nitrogen and oxygen atoms in total. The van der Waals surface area contributed by atoms with Crippen molar-refractivity contribution in [2.75, 3.05) is 11.5 Å². The smallest absolute Gasteiger partial charge is 0.150 e. The average Bonchev–Trinajstić information content (AvgIpc) is 2.91. The monoisotopic (exact) mass is 309 g/mol.